The molecule has 1 heterocycles. The summed E-state index contributed by atoms with van der Waals surface area (Å²) in [6, 6.07) is 17.0. The van der Waals surface area contributed by atoms with Crippen molar-refractivity contribution in [2.24, 2.45) is 5.92 Å². The molecule has 2 heteroatoms. The molecule has 1 aliphatic heterocycles. The van der Waals surface area contributed by atoms with Gasteiger partial charge < -0.3 is 4.90 Å². The lowest BCUT2D eigenvalue weighted by atomic mass is 9.85. The highest BCUT2D eigenvalue weighted by atomic mass is 16.1. The van der Waals surface area contributed by atoms with E-state index in [-0.39, 0.29) is 5.78 Å². The third kappa shape index (κ3) is 5.86. The maximum absolute atomic E-state index is 13.0. The van der Waals surface area contributed by atoms with Gasteiger partial charge in [-0.1, -0.05) is 80.6 Å². The van der Waals surface area contributed by atoms with Gasteiger partial charge in [0.05, 0.1) is 0 Å². The Morgan fingerprint density at radius 2 is 1.68 bits per heavy atom. The number of hydrogen-bond acceptors (Lipinski definition) is 2. The van der Waals surface area contributed by atoms with Crippen LogP contribution >= 0.6 is 0 Å². The van der Waals surface area contributed by atoms with E-state index in [4.69, 9.17) is 0 Å². The molecule has 2 atom stereocenters. The van der Waals surface area contributed by atoms with E-state index in [9.17, 15) is 4.79 Å². The number of piperidine rings is 1. The molecule has 2 nitrogen and oxygen atoms in total. The van der Waals surface area contributed by atoms with Crippen molar-refractivity contribution >= 4 is 5.78 Å². The van der Waals surface area contributed by atoms with Gasteiger partial charge in [0.15, 0.2) is 5.78 Å². The smallest absolute Gasteiger partial charge is 0.193 e. The number of rotatable bonds is 7. The first-order valence-corrected chi connectivity index (χ1v) is 12.6. The molecule has 2 fully saturated rings. The summed E-state index contributed by atoms with van der Waals surface area (Å²) in [7, 11) is 0. The summed E-state index contributed by atoms with van der Waals surface area (Å²) < 4.78 is 0. The average molecular weight is 418 g/mol. The average Bonchev–Trinajstić information content (AvgIpc) is 2.81. The normalized spacial score (nSPS) is 21.7. The molecular formula is C29H39NO. The summed E-state index contributed by atoms with van der Waals surface area (Å²) in [5.41, 5.74) is 4.09. The maximum Gasteiger partial charge on any atom is 0.193 e. The summed E-state index contributed by atoms with van der Waals surface area (Å²) in [5, 5.41) is 0. The van der Waals surface area contributed by atoms with Crippen molar-refractivity contribution in [3.63, 3.8) is 0 Å². The first-order chi connectivity index (χ1) is 15.1. The fourth-order valence-corrected chi connectivity index (χ4v) is 5.67. The van der Waals surface area contributed by atoms with E-state index >= 15 is 0 Å². The first-order valence-electron chi connectivity index (χ1n) is 12.6. The molecule has 0 spiro atoms. The molecule has 31 heavy (non-hydrogen) atoms. The van der Waals surface area contributed by atoms with Crippen molar-refractivity contribution < 1.29 is 4.79 Å². The first kappa shape index (κ1) is 22.3. The Hall–Kier alpha value is -1.93. The van der Waals surface area contributed by atoms with Crippen LogP contribution in [0.5, 0.6) is 0 Å². The number of nitrogens with zero attached hydrogens (tertiary/aromatic N) is 1. The predicted octanol–water partition coefficient (Wildman–Crippen LogP) is 7.15. The Labute approximate surface area is 189 Å². The van der Waals surface area contributed by atoms with Gasteiger partial charge in [-0.15, -0.1) is 0 Å². The molecule has 2 aromatic rings. The number of aryl methyl sites for hydroxylation is 1. The second kappa shape index (κ2) is 10.6. The van der Waals surface area contributed by atoms with Crippen LogP contribution < -0.4 is 0 Å². The zero-order valence-corrected chi connectivity index (χ0v) is 19.5. The van der Waals surface area contributed by atoms with Crippen molar-refractivity contribution in [1.29, 1.82) is 0 Å². The van der Waals surface area contributed by atoms with Gasteiger partial charge in [-0.3, -0.25) is 4.79 Å². The van der Waals surface area contributed by atoms with Crippen LogP contribution in [0.2, 0.25) is 0 Å². The highest BCUT2D eigenvalue weighted by Crippen LogP contribution is 2.32. The van der Waals surface area contributed by atoms with E-state index < -0.39 is 0 Å². The Kier molecular flexibility index (Phi) is 7.61. The fraction of sp³-hybridized carbons (Fsp3) is 0.552. The molecule has 0 N–H and O–H groups in total. The van der Waals surface area contributed by atoms with Gasteiger partial charge in [0.1, 0.15) is 0 Å². The summed E-state index contributed by atoms with van der Waals surface area (Å²) in [6.45, 7) is 6.99. The summed E-state index contributed by atoms with van der Waals surface area (Å²) in [5.74, 6) is 1.52. The minimum atomic E-state index is 0.130. The molecule has 1 saturated heterocycles. The predicted molar refractivity (Wildman–Crippen MR) is 130 cm³/mol. The number of ketones is 1. The van der Waals surface area contributed by atoms with Gasteiger partial charge in [-0.2, -0.15) is 0 Å². The molecule has 2 unspecified atom stereocenters. The Morgan fingerprint density at radius 3 is 2.45 bits per heavy atom. The Bertz CT molecular complexity index is 849. The second-order valence-electron chi connectivity index (χ2n) is 10.1. The number of likely N-dealkylation sites (tertiary alicyclic amines) is 1. The van der Waals surface area contributed by atoms with Gasteiger partial charge in [0.25, 0.3) is 0 Å². The fourth-order valence-electron chi connectivity index (χ4n) is 5.67. The van der Waals surface area contributed by atoms with Gasteiger partial charge >= 0.3 is 0 Å². The van der Waals surface area contributed by atoms with Crippen LogP contribution in [0.4, 0.5) is 0 Å². The lowest BCUT2D eigenvalue weighted by Crippen LogP contribution is -2.43. The molecule has 2 aromatic carbocycles. The van der Waals surface area contributed by atoms with Crippen molar-refractivity contribution in [2.45, 2.75) is 83.6 Å². The molecule has 0 aromatic heterocycles. The summed E-state index contributed by atoms with van der Waals surface area (Å²) in [6.07, 6.45) is 12.4. The minimum absolute atomic E-state index is 0.130. The molecule has 2 aliphatic rings. The highest BCUT2D eigenvalue weighted by molar-refractivity contribution is 6.09. The lowest BCUT2D eigenvalue weighted by Gasteiger charge is -2.40. The largest absolute Gasteiger partial charge is 0.300 e. The molecule has 0 amide bonds. The Morgan fingerprint density at radius 1 is 0.935 bits per heavy atom. The van der Waals surface area contributed by atoms with Crippen molar-refractivity contribution in [2.75, 3.05) is 13.1 Å². The van der Waals surface area contributed by atoms with Crippen LogP contribution in [0, 0.1) is 12.8 Å². The molecule has 166 valence electrons. The van der Waals surface area contributed by atoms with Crippen LogP contribution in [-0.4, -0.2) is 29.8 Å². The molecule has 4 rings (SSSR count). The highest BCUT2D eigenvalue weighted by Gasteiger charge is 2.27. The van der Waals surface area contributed by atoms with E-state index in [0.29, 0.717) is 12.0 Å². The zero-order chi connectivity index (χ0) is 21.6. The maximum atomic E-state index is 13.0. The van der Waals surface area contributed by atoms with E-state index in [1.165, 1.54) is 82.0 Å². The van der Waals surface area contributed by atoms with Crippen LogP contribution in [0.3, 0.4) is 0 Å². The molecule has 1 saturated carbocycles. The standard InChI is InChI=1S/C29H39NO/c1-22-14-16-25(17-15-22)29(31)27-12-8-11-26(20-27)23(2)19-28-13-6-7-18-30(28)21-24-9-4-3-5-10-24/h8,11-12,14-17,20,23-24,28H,3-7,9-10,13,18-19,21H2,1-2H3. The quantitative estimate of drug-likeness (QED) is 0.446. The number of carbonyl (C=O) groups excluding carboxylic acids is 1. The third-order valence-electron chi connectivity index (χ3n) is 7.62. The number of hydrogen-bond donors (Lipinski definition) is 0. The topological polar surface area (TPSA) is 20.3 Å². The van der Waals surface area contributed by atoms with Gasteiger partial charge in [0.2, 0.25) is 0 Å². The van der Waals surface area contributed by atoms with Crippen LogP contribution in [0.25, 0.3) is 0 Å². The van der Waals surface area contributed by atoms with Crippen LogP contribution in [0.1, 0.15) is 97.7 Å². The minimum Gasteiger partial charge on any atom is -0.300 e. The van der Waals surface area contributed by atoms with Gasteiger partial charge in [-0.25, -0.2) is 0 Å². The van der Waals surface area contributed by atoms with Gasteiger partial charge in [0, 0.05) is 23.7 Å². The van der Waals surface area contributed by atoms with E-state index in [1.54, 1.807) is 0 Å². The number of carbonyl (C=O) groups is 1. The molecule has 0 bridgehead atoms. The van der Waals surface area contributed by atoms with Crippen molar-refractivity contribution in [3.8, 4) is 0 Å². The summed E-state index contributed by atoms with van der Waals surface area (Å²) in [4.78, 5) is 15.8. The molecule has 1 aliphatic carbocycles. The second-order valence-corrected chi connectivity index (χ2v) is 10.1. The molecular weight excluding hydrogens is 378 g/mol. The molecule has 0 radical (unpaired) electrons. The lowest BCUT2D eigenvalue weighted by molar-refractivity contribution is 0.103. The van der Waals surface area contributed by atoms with Crippen LogP contribution in [0.15, 0.2) is 48.5 Å². The Balaban J connectivity index is 1.42. The van der Waals surface area contributed by atoms with Gasteiger partial charge in [-0.05, 0) is 69.0 Å². The SMILES string of the molecule is Cc1ccc(C(=O)c2cccc(C(C)CC3CCCCN3CC3CCCCC3)c2)cc1. The van der Waals surface area contributed by atoms with Crippen molar-refractivity contribution in [1.82, 2.24) is 4.90 Å². The third-order valence-corrected chi connectivity index (χ3v) is 7.62. The van der Waals surface area contributed by atoms with E-state index in [2.05, 4.69) is 36.9 Å². The monoisotopic (exact) mass is 417 g/mol. The van der Waals surface area contributed by atoms with Crippen LogP contribution in [-0.2, 0) is 0 Å². The number of benzene rings is 2. The van der Waals surface area contributed by atoms with Crippen molar-refractivity contribution in [3.05, 3.63) is 70.8 Å². The van der Waals surface area contributed by atoms with E-state index in [1.807, 2.05) is 30.3 Å². The zero-order valence-electron chi connectivity index (χ0n) is 19.5. The summed E-state index contributed by atoms with van der Waals surface area (Å²) >= 11 is 0. The van der Waals surface area contributed by atoms with E-state index in [0.717, 1.165) is 17.0 Å².